The molecule has 0 amide bonds. The molecule has 1 aromatic carbocycles. The summed E-state index contributed by atoms with van der Waals surface area (Å²) in [6.45, 7) is 10.2. The molecule has 126 valence electrons. The highest BCUT2D eigenvalue weighted by Gasteiger charge is 1.98. The lowest BCUT2D eigenvalue weighted by molar-refractivity contribution is 0.573. The van der Waals surface area contributed by atoms with Gasteiger partial charge in [0, 0.05) is 31.9 Å². The zero-order valence-electron chi connectivity index (χ0n) is 14.1. The number of aliphatic imine (C=N–C) groups is 1. The topological polar surface area (TPSA) is 48.5 Å². The first-order chi connectivity index (χ1) is 10.2. The molecule has 0 saturated heterocycles. The number of nitrogens with one attached hydrogen (secondary N) is 3. The van der Waals surface area contributed by atoms with Crippen LogP contribution in [0.3, 0.4) is 0 Å². The third-order valence-corrected chi connectivity index (χ3v) is 3.07. The van der Waals surface area contributed by atoms with E-state index in [4.69, 9.17) is 0 Å². The number of rotatable bonds is 9. The molecule has 1 rings (SSSR count). The van der Waals surface area contributed by atoms with E-state index < -0.39 is 0 Å². The summed E-state index contributed by atoms with van der Waals surface area (Å²) < 4.78 is 0. The quantitative estimate of drug-likeness (QED) is 0.248. The third kappa shape index (κ3) is 10.7. The molecule has 0 spiro atoms. The van der Waals surface area contributed by atoms with E-state index in [2.05, 4.69) is 53.8 Å². The van der Waals surface area contributed by atoms with Crippen LogP contribution in [0.1, 0.15) is 33.6 Å². The highest BCUT2D eigenvalue weighted by Crippen LogP contribution is 2.04. The fourth-order valence-corrected chi connectivity index (χ4v) is 1.88. The van der Waals surface area contributed by atoms with Crippen molar-refractivity contribution in [3.63, 3.8) is 0 Å². The van der Waals surface area contributed by atoms with Gasteiger partial charge in [-0.05, 0) is 37.8 Å². The number of hydrogen-bond acceptors (Lipinski definition) is 2. The maximum atomic E-state index is 4.60. The monoisotopic (exact) mass is 418 g/mol. The Balaban J connectivity index is 0.00000441. The first kappa shape index (κ1) is 21.0. The number of anilines is 1. The number of para-hydroxylation sites is 1. The van der Waals surface area contributed by atoms with E-state index in [1.165, 1.54) is 12.1 Å². The molecule has 0 bridgehead atoms. The van der Waals surface area contributed by atoms with E-state index in [9.17, 15) is 0 Å². The van der Waals surface area contributed by atoms with Gasteiger partial charge in [-0.2, -0.15) is 0 Å². The van der Waals surface area contributed by atoms with Crippen LogP contribution in [0.15, 0.2) is 35.3 Å². The largest absolute Gasteiger partial charge is 0.385 e. The van der Waals surface area contributed by atoms with Crippen LogP contribution in [-0.4, -0.2) is 32.1 Å². The minimum Gasteiger partial charge on any atom is -0.385 e. The van der Waals surface area contributed by atoms with Crippen molar-refractivity contribution in [2.24, 2.45) is 10.9 Å². The Morgan fingerprint density at radius 2 is 1.82 bits per heavy atom. The molecule has 0 aliphatic carbocycles. The maximum absolute atomic E-state index is 4.60. The first-order valence-corrected chi connectivity index (χ1v) is 8.03. The molecule has 0 aromatic heterocycles. The van der Waals surface area contributed by atoms with Crippen LogP contribution in [0.4, 0.5) is 5.69 Å². The number of nitrogens with zero attached hydrogens (tertiary/aromatic N) is 1. The molecule has 4 nitrogen and oxygen atoms in total. The van der Waals surface area contributed by atoms with Crippen molar-refractivity contribution in [2.45, 2.75) is 33.6 Å². The summed E-state index contributed by atoms with van der Waals surface area (Å²) in [7, 11) is 0. The Hall–Kier alpha value is -0.980. The van der Waals surface area contributed by atoms with Crippen molar-refractivity contribution in [3.05, 3.63) is 30.3 Å². The van der Waals surface area contributed by atoms with Gasteiger partial charge in [-0.1, -0.05) is 32.0 Å². The van der Waals surface area contributed by atoms with Gasteiger partial charge in [-0.3, -0.25) is 4.99 Å². The number of hydrogen-bond donors (Lipinski definition) is 3. The molecule has 1 aromatic rings. The van der Waals surface area contributed by atoms with Crippen molar-refractivity contribution in [3.8, 4) is 0 Å². The van der Waals surface area contributed by atoms with Crippen molar-refractivity contribution in [2.75, 3.05) is 31.5 Å². The second-order valence-electron chi connectivity index (χ2n) is 5.52. The summed E-state index contributed by atoms with van der Waals surface area (Å²) in [5.41, 5.74) is 1.17. The highest BCUT2D eigenvalue weighted by molar-refractivity contribution is 14.0. The molecule has 0 fully saturated rings. The van der Waals surface area contributed by atoms with Crippen LogP contribution >= 0.6 is 24.0 Å². The summed E-state index contributed by atoms with van der Waals surface area (Å²) in [4.78, 5) is 4.60. The Labute approximate surface area is 152 Å². The van der Waals surface area contributed by atoms with E-state index >= 15 is 0 Å². The van der Waals surface area contributed by atoms with E-state index in [1.54, 1.807) is 0 Å². The van der Waals surface area contributed by atoms with Gasteiger partial charge in [0.05, 0.1) is 0 Å². The molecule has 22 heavy (non-hydrogen) atoms. The third-order valence-electron chi connectivity index (χ3n) is 3.07. The van der Waals surface area contributed by atoms with Crippen LogP contribution in [0.2, 0.25) is 0 Å². The average molecular weight is 418 g/mol. The Kier molecular flexibility index (Phi) is 13.1. The summed E-state index contributed by atoms with van der Waals surface area (Å²) >= 11 is 0. The van der Waals surface area contributed by atoms with Crippen LogP contribution in [0.5, 0.6) is 0 Å². The predicted octanol–water partition coefficient (Wildman–Crippen LogP) is 3.71. The molecule has 0 unspecified atom stereocenters. The normalized spacial score (nSPS) is 11.0. The van der Waals surface area contributed by atoms with Gasteiger partial charge < -0.3 is 16.0 Å². The average Bonchev–Trinajstić information content (AvgIpc) is 2.47. The second kappa shape index (κ2) is 13.7. The minimum atomic E-state index is 0. The van der Waals surface area contributed by atoms with Crippen LogP contribution in [0, 0.1) is 5.92 Å². The summed E-state index contributed by atoms with van der Waals surface area (Å²) in [6, 6.07) is 10.3. The van der Waals surface area contributed by atoms with E-state index in [0.29, 0.717) is 0 Å². The molecule has 0 aliphatic heterocycles. The zero-order chi connectivity index (χ0) is 15.3. The van der Waals surface area contributed by atoms with Crippen molar-refractivity contribution in [1.82, 2.24) is 10.6 Å². The summed E-state index contributed by atoms with van der Waals surface area (Å²) in [5.74, 6) is 1.65. The van der Waals surface area contributed by atoms with Gasteiger partial charge in [0.25, 0.3) is 0 Å². The van der Waals surface area contributed by atoms with Gasteiger partial charge in [0.1, 0.15) is 0 Å². The molecular formula is C17H31IN4. The second-order valence-corrected chi connectivity index (χ2v) is 5.52. The molecule has 0 atom stereocenters. The van der Waals surface area contributed by atoms with Crippen LogP contribution in [0.25, 0.3) is 0 Å². The Bertz CT molecular complexity index is 393. The lowest BCUT2D eigenvalue weighted by atomic mass is 10.1. The van der Waals surface area contributed by atoms with Gasteiger partial charge >= 0.3 is 0 Å². The van der Waals surface area contributed by atoms with Crippen LogP contribution < -0.4 is 16.0 Å². The summed E-state index contributed by atoms with van der Waals surface area (Å²) in [6.07, 6.45) is 2.19. The highest BCUT2D eigenvalue weighted by atomic mass is 127. The summed E-state index contributed by atoms with van der Waals surface area (Å²) in [5, 5.41) is 10.1. The van der Waals surface area contributed by atoms with Crippen LogP contribution in [-0.2, 0) is 0 Å². The smallest absolute Gasteiger partial charge is 0.191 e. The predicted molar refractivity (Wildman–Crippen MR) is 108 cm³/mol. The molecule has 3 N–H and O–H groups in total. The molecular weight excluding hydrogens is 387 g/mol. The van der Waals surface area contributed by atoms with Crippen molar-refractivity contribution < 1.29 is 0 Å². The number of halogens is 1. The van der Waals surface area contributed by atoms with E-state index in [-0.39, 0.29) is 24.0 Å². The Morgan fingerprint density at radius 3 is 2.45 bits per heavy atom. The minimum absolute atomic E-state index is 0. The molecule has 0 aliphatic rings. The Morgan fingerprint density at radius 1 is 1.09 bits per heavy atom. The SMILES string of the molecule is CCNC(=NCCCNc1ccccc1)NCCC(C)C.I. The standard InChI is InChI=1S/C17H30N4.HI/c1-4-18-17(21-14-11-15(2)3)20-13-8-12-19-16-9-6-5-7-10-16;/h5-7,9-10,15,19H,4,8,11-14H2,1-3H3,(H2,18,20,21);1H. The molecule has 0 radical (unpaired) electrons. The van der Waals surface area contributed by atoms with Gasteiger partial charge in [-0.25, -0.2) is 0 Å². The molecule has 0 saturated carbocycles. The maximum Gasteiger partial charge on any atom is 0.191 e. The molecule has 5 heteroatoms. The lowest BCUT2D eigenvalue weighted by Crippen LogP contribution is -2.38. The lowest BCUT2D eigenvalue weighted by Gasteiger charge is -2.12. The van der Waals surface area contributed by atoms with E-state index in [0.717, 1.165) is 44.5 Å². The van der Waals surface area contributed by atoms with Crippen molar-refractivity contribution >= 4 is 35.6 Å². The van der Waals surface area contributed by atoms with Gasteiger partial charge in [0.15, 0.2) is 5.96 Å². The van der Waals surface area contributed by atoms with Crippen molar-refractivity contribution in [1.29, 1.82) is 0 Å². The number of benzene rings is 1. The van der Waals surface area contributed by atoms with Gasteiger partial charge in [0.2, 0.25) is 0 Å². The molecule has 0 heterocycles. The van der Waals surface area contributed by atoms with E-state index in [1.807, 2.05) is 18.2 Å². The first-order valence-electron chi connectivity index (χ1n) is 8.03. The number of guanidine groups is 1. The zero-order valence-corrected chi connectivity index (χ0v) is 16.4. The fourth-order valence-electron chi connectivity index (χ4n) is 1.88. The fraction of sp³-hybridized carbons (Fsp3) is 0.588. The van der Waals surface area contributed by atoms with Gasteiger partial charge in [-0.15, -0.1) is 24.0 Å².